The quantitative estimate of drug-likeness (QED) is 0.393. The zero-order valence-corrected chi connectivity index (χ0v) is 18.7. The van der Waals surface area contributed by atoms with Crippen LogP contribution in [0.15, 0.2) is 53.2 Å². The number of nitrogens with one attached hydrogen (secondary N) is 2. The van der Waals surface area contributed by atoms with Crippen molar-refractivity contribution in [3.05, 3.63) is 76.7 Å². The van der Waals surface area contributed by atoms with Gasteiger partial charge >= 0.3 is 6.18 Å². The molecular weight excluding hydrogens is 451 g/mol. The van der Waals surface area contributed by atoms with Gasteiger partial charge in [-0.3, -0.25) is 9.59 Å². The summed E-state index contributed by atoms with van der Waals surface area (Å²) >= 11 is 0. The maximum Gasteiger partial charge on any atom is 0.416 e. The van der Waals surface area contributed by atoms with Crippen LogP contribution in [0.1, 0.15) is 63.9 Å². The van der Waals surface area contributed by atoms with Crippen LogP contribution in [0.4, 0.5) is 18.9 Å². The number of aryl methyl sites for hydroxylation is 1. The van der Waals surface area contributed by atoms with Crippen molar-refractivity contribution in [1.29, 1.82) is 0 Å². The SMILES string of the molecule is Cc1oncc1C(=O)Nc1ccc(O)c(C(=O)NC(CC(C)C)c2cccc(C(F)(F)F)c2)c1. The lowest BCUT2D eigenvalue weighted by molar-refractivity contribution is -0.137. The van der Waals surface area contributed by atoms with Crippen LogP contribution in [-0.4, -0.2) is 22.1 Å². The Morgan fingerprint density at radius 2 is 1.82 bits per heavy atom. The van der Waals surface area contributed by atoms with Crippen molar-refractivity contribution in [1.82, 2.24) is 10.5 Å². The Morgan fingerprint density at radius 3 is 2.44 bits per heavy atom. The number of carbonyl (C=O) groups excluding carboxylic acids is 2. The first-order valence-corrected chi connectivity index (χ1v) is 10.5. The number of hydrogen-bond acceptors (Lipinski definition) is 5. The highest BCUT2D eigenvalue weighted by atomic mass is 19.4. The Balaban J connectivity index is 1.85. The van der Waals surface area contributed by atoms with Crippen molar-refractivity contribution in [2.75, 3.05) is 5.32 Å². The molecule has 2 aromatic carbocycles. The Labute approximate surface area is 194 Å². The third kappa shape index (κ3) is 5.94. The molecule has 1 aromatic heterocycles. The first-order valence-electron chi connectivity index (χ1n) is 10.5. The van der Waals surface area contributed by atoms with Crippen LogP contribution in [0.2, 0.25) is 0 Å². The van der Waals surface area contributed by atoms with Crippen LogP contribution < -0.4 is 10.6 Å². The van der Waals surface area contributed by atoms with E-state index >= 15 is 0 Å². The average molecular weight is 475 g/mol. The number of benzene rings is 2. The molecule has 3 rings (SSSR count). The molecule has 0 bridgehead atoms. The molecule has 0 aliphatic carbocycles. The number of phenols is 1. The summed E-state index contributed by atoms with van der Waals surface area (Å²) < 4.78 is 44.4. The standard InChI is InChI=1S/C24H24F3N3O4/c1-13(2)9-20(15-5-4-6-16(10-15)24(25,26)27)30-22(32)18-11-17(7-8-21(18)31)29-23(33)19-12-28-34-14(19)3/h4-8,10-13,20,31H,9H2,1-3H3,(H,29,33)(H,30,32). The van der Waals surface area contributed by atoms with Gasteiger partial charge < -0.3 is 20.3 Å². The second kappa shape index (κ2) is 9.98. The second-order valence-corrected chi connectivity index (χ2v) is 8.26. The Morgan fingerprint density at radius 1 is 1.09 bits per heavy atom. The van der Waals surface area contributed by atoms with Crippen molar-refractivity contribution in [3.8, 4) is 5.75 Å². The van der Waals surface area contributed by atoms with Gasteiger partial charge in [0.15, 0.2) is 0 Å². The van der Waals surface area contributed by atoms with Gasteiger partial charge in [0, 0.05) is 5.69 Å². The van der Waals surface area contributed by atoms with Gasteiger partial charge in [0.1, 0.15) is 17.1 Å². The highest BCUT2D eigenvalue weighted by molar-refractivity contribution is 6.06. The lowest BCUT2D eigenvalue weighted by atomic mass is 9.95. The fourth-order valence-electron chi connectivity index (χ4n) is 3.43. The number of anilines is 1. The van der Waals surface area contributed by atoms with Gasteiger partial charge in [-0.15, -0.1) is 0 Å². The molecule has 1 atom stereocenters. The molecule has 0 aliphatic heterocycles. The Hall–Kier alpha value is -3.82. The summed E-state index contributed by atoms with van der Waals surface area (Å²) in [6, 6.07) is 7.98. The number of aromatic hydroxyl groups is 1. The number of aromatic nitrogens is 1. The molecule has 180 valence electrons. The molecule has 0 radical (unpaired) electrons. The highest BCUT2D eigenvalue weighted by Crippen LogP contribution is 2.32. The summed E-state index contributed by atoms with van der Waals surface area (Å²) in [5.41, 5.74) is -0.220. The summed E-state index contributed by atoms with van der Waals surface area (Å²) in [6.07, 6.45) is -2.89. The van der Waals surface area contributed by atoms with Crippen LogP contribution in [0.3, 0.4) is 0 Å². The van der Waals surface area contributed by atoms with Gasteiger partial charge in [0.25, 0.3) is 11.8 Å². The van der Waals surface area contributed by atoms with Crippen LogP contribution in [0, 0.1) is 12.8 Å². The molecule has 3 N–H and O–H groups in total. The van der Waals surface area contributed by atoms with Crippen molar-refractivity contribution in [2.24, 2.45) is 5.92 Å². The van der Waals surface area contributed by atoms with Crippen molar-refractivity contribution >= 4 is 17.5 Å². The number of amides is 2. The van der Waals surface area contributed by atoms with Gasteiger partial charge in [-0.05, 0) is 55.2 Å². The fraction of sp³-hybridized carbons (Fsp3) is 0.292. The van der Waals surface area contributed by atoms with Gasteiger partial charge in [-0.25, -0.2) is 0 Å². The van der Waals surface area contributed by atoms with E-state index in [1.807, 2.05) is 13.8 Å². The van der Waals surface area contributed by atoms with Crippen molar-refractivity contribution in [2.45, 2.75) is 39.4 Å². The Kier molecular flexibility index (Phi) is 7.29. The van der Waals surface area contributed by atoms with Gasteiger partial charge in [-0.2, -0.15) is 13.2 Å². The summed E-state index contributed by atoms with van der Waals surface area (Å²) in [6.45, 7) is 5.33. The number of rotatable bonds is 7. The minimum Gasteiger partial charge on any atom is -0.507 e. The lowest BCUT2D eigenvalue weighted by Crippen LogP contribution is -2.30. The number of halogens is 3. The van der Waals surface area contributed by atoms with Crippen LogP contribution in [-0.2, 0) is 6.18 Å². The maximum absolute atomic E-state index is 13.2. The van der Waals surface area contributed by atoms with Crippen LogP contribution in [0.25, 0.3) is 0 Å². The first kappa shape index (κ1) is 24.8. The van der Waals surface area contributed by atoms with E-state index in [4.69, 9.17) is 4.52 Å². The Bertz CT molecular complexity index is 1190. The molecule has 2 amide bonds. The van der Waals surface area contributed by atoms with E-state index in [2.05, 4.69) is 15.8 Å². The largest absolute Gasteiger partial charge is 0.507 e. The van der Waals surface area contributed by atoms with E-state index in [1.54, 1.807) is 6.92 Å². The molecule has 1 unspecified atom stereocenters. The third-order valence-corrected chi connectivity index (χ3v) is 5.12. The predicted octanol–water partition coefficient (Wildman–Crippen LogP) is 5.48. The van der Waals surface area contributed by atoms with Gasteiger partial charge in [0.05, 0.1) is 23.4 Å². The number of hydrogen-bond donors (Lipinski definition) is 3. The molecule has 0 saturated carbocycles. The van der Waals surface area contributed by atoms with Gasteiger partial charge in [-0.1, -0.05) is 31.1 Å². The van der Waals surface area contributed by atoms with E-state index in [9.17, 15) is 27.9 Å². The molecule has 0 aliphatic rings. The van der Waals surface area contributed by atoms with Crippen LogP contribution >= 0.6 is 0 Å². The zero-order valence-electron chi connectivity index (χ0n) is 18.7. The molecule has 10 heteroatoms. The second-order valence-electron chi connectivity index (χ2n) is 8.26. The monoisotopic (exact) mass is 475 g/mol. The third-order valence-electron chi connectivity index (χ3n) is 5.12. The summed E-state index contributed by atoms with van der Waals surface area (Å²) in [4.78, 5) is 25.4. The molecule has 0 fully saturated rings. The molecular formula is C24H24F3N3O4. The van der Waals surface area contributed by atoms with Gasteiger partial charge in [0.2, 0.25) is 0 Å². The normalized spacial score (nSPS) is 12.4. The number of carbonyl (C=O) groups is 2. The van der Waals surface area contributed by atoms with E-state index in [0.717, 1.165) is 12.1 Å². The maximum atomic E-state index is 13.2. The summed E-state index contributed by atoms with van der Waals surface area (Å²) in [5, 5.41) is 19.1. The van der Waals surface area contributed by atoms with E-state index < -0.39 is 29.6 Å². The number of phenolic OH excluding ortho intramolecular Hbond substituents is 1. The van der Waals surface area contributed by atoms with E-state index in [0.29, 0.717) is 17.7 Å². The van der Waals surface area contributed by atoms with Crippen molar-refractivity contribution in [3.63, 3.8) is 0 Å². The molecule has 0 saturated heterocycles. The van der Waals surface area contributed by atoms with Crippen LogP contribution in [0.5, 0.6) is 5.75 Å². The van der Waals surface area contributed by atoms with E-state index in [1.165, 1.54) is 36.5 Å². The predicted molar refractivity (Wildman–Crippen MR) is 118 cm³/mol. The highest BCUT2D eigenvalue weighted by Gasteiger charge is 2.31. The molecule has 7 nitrogen and oxygen atoms in total. The molecule has 1 heterocycles. The van der Waals surface area contributed by atoms with E-state index in [-0.39, 0.29) is 28.5 Å². The smallest absolute Gasteiger partial charge is 0.416 e. The molecule has 0 spiro atoms. The molecule has 3 aromatic rings. The fourth-order valence-corrected chi connectivity index (χ4v) is 3.43. The topological polar surface area (TPSA) is 104 Å². The summed E-state index contributed by atoms with van der Waals surface area (Å²) in [7, 11) is 0. The summed E-state index contributed by atoms with van der Waals surface area (Å²) in [5.74, 6) is -1.18. The minimum atomic E-state index is -4.52. The zero-order chi connectivity index (χ0) is 25.0. The number of alkyl halides is 3. The lowest BCUT2D eigenvalue weighted by Gasteiger charge is -2.22. The molecule has 34 heavy (non-hydrogen) atoms. The first-order chi connectivity index (χ1) is 16.0. The van der Waals surface area contributed by atoms with Crippen molar-refractivity contribution < 1.29 is 32.4 Å². The minimum absolute atomic E-state index is 0.0610. The number of nitrogens with zero attached hydrogens (tertiary/aromatic N) is 1. The average Bonchev–Trinajstić information content (AvgIpc) is 3.19.